The van der Waals surface area contributed by atoms with Gasteiger partial charge in [-0.3, -0.25) is 0 Å². The Morgan fingerprint density at radius 1 is 1.50 bits per heavy atom. The van der Waals surface area contributed by atoms with E-state index in [9.17, 15) is 0 Å². The molecule has 1 saturated heterocycles. The zero-order valence-corrected chi connectivity index (χ0v) is 6.38. The third-order valence-electron chi connectivity index (χ3n) is 1.55. The zero-order chi connectivity index (χ0) is 7.23. The van der Waals surface area contributed by atoms with Gasteiger partial charge in [-0.2, -0.15) is 0 Å². The summed E-state index contributed by atoms with van der Waals surface area (Å²) in [4.78, 5) is 0. The highest BCUT2D eigenvalue weighted by atomic mass is 16.5. The van der Waals surface area contributed by atoms with E-state index in [0.29, 0.717) is 6.61 Å². The number of morpholine rings is 1. The SMILES string of the molecule is COCC=[N+]1CCOCC1. The normalized spacial score (nSPS) is 19.1. The first-order valence-corrected chi connectivity index (χ1v) is 3.57. The topological polar surface area (TPSA) is 21.5 Å². The molecule has 1 heterocycles. The van der Waals surface area contributed by atoms with E-state index in [1.54, 1.807) is 7.11 Å². The lowest BCUT2D eigenvalue weighted by Crippen LogP contribution is -2.30. The maximum Gasteiger partial charge on any atom is 0.165 e. The maximum absolute atomic E-state index is 5.18. The highest BCUT2D eigenvalue weighted by Gasteiger charge is 2.08. The number of rotatable bonds is 2. The Morgan fingerprint density at radius 2 is 2.20 bits per heavy atom. The summed E-state index contributed by atoms with van der Waals surface area (Å²) in [6.07, 6.45) is 2.07. The lowest BCUT2D eigenvalue weighted by Gasteiger charge is -2.09. The van der Waals surface area contributed by atoms with Gasteiger partial charge in [-0.15, -0.1) is 0 Å². The van der Waals surface area contributed by atoms with Gasteiger partial charge in [-0.05, 0) is 0 Å². The number of ether oxygens (including phenoxy) is 2. The molecule has 0 aromatic heterocycles. The van der Waals surface area contributed by atoms with E-state index in [1.807, 2.05) is 0 Å². The molecule has 0 aromatic carbocycles. The summed E-state index contributed by atoms with van der Waals surface area (Å²) in [6.45, 7) is 4.41. The maximum atomic E-state index is 5.18. The summed E-state index contributed by atoms with van der Waals surface area (Å²) in [5.41, 5.74) is 0. The Labute approximate surface area is 61.3 Å². The van der Waals surface area contributed by atoms with E-state index in [2.05, 4.69) is 10.8 Å². The van der Waals surface area contributed by atoms with Gasteiger partial charge in [0.25, 0.3) is 0 Å². The molecule has 58 valence electrons. The quantitative estimate of drug-likeness (QED) is 0.498. The zero-order valence-electron chi connectivity index (χ0n) is 6.38. The van der Waals surface area contributed by atoms with Crippen LogP contribution in [0.5, 0.6) is 0 Å². The Balaban J connectivity index is 2.23. The van der Waals surface area contributed by atoms with Gasteiger partial charge in [0.2, 0.25) is 0 Å². The average molecular weight is 144 g/mol. The molecule has 0 spiro atoms. The third-order valence-corrected chi connectivity index (χ3v) is 1.55. The molecule has 1 rings (SSSR count). The van der Waals surface area contributed by atoms with Crippen molar-refractivity contribution in [3.8, 4) is 0 Å². The van der Waals surface area contributed by atoms with E-state index >= 15 is 0 Å². The second-order valence-corrected chi connectivity index (χ2v) is 2.29. The van der Waals surface area contributed by atoms with Crippen LogP contribution < -0.4 is 0 Å². The van der Waals surface area contributed by atoms with E-state index in [-0.39, 0.29) is 0 Å². The fraction of sp³-hybridized carbons (Fsp3) is 0.857. The van der Waals surface area contributed by atoms with Crippen LogP contribution >= 0.6 is 0 Å². The molecule has 3 nitrogen and oxygen atoms in total. The number of nitrogens with zero attached hydrogens (tertiary/aromatic N) is 1. The smallest absolute Gasteiger partial charge is 0.165 e. The Bertz CT molecular complexity index is 115. The van der Waals surface area contributed by atoms with Crippen molar-refractivity contribution in [3.05, 3.63) is 0 Å². The molecule has 1 aliphatic rings. The largest absolute Gasteiger partial charge is 0.374 e. The lowest BCUT2D eigenvalue weighted by molar-refractivity contribution is -0.546. The van der Waals surface area contributed by atoms with Gasteiger partial charge in [0.15, 0.2) is 19.3 Å². The lowest BCUT2D eigenvalue weighted by atomic mass is 10.5. The van der Waals surface area contributed by atoms with Gasteiger partial charge in [0, 0.05) is 7.11 Å². The van der Waals surface area contributed by atoms with Crippen molar-refractivity contribution in [1.82, 2.24) is 0 Å². The van der Waals surface area contributed by atoms with Crippen molar-refractivity contribution >= 4 is 6.21 Å². The summed E-state index contributed by atoms with van der Waals surface area (Å²) in [6, 6.07) is 0. The van der Waals surface area contributed by atoms with Gasteiger partial charge in [0.1, 0.15) is 19.8 Å². The predicted octanol–water partition coefficient (Wildman–Crippen LogP) is -0.254. The van der Waals surface area contributed by atoms with Gasteiger partial charge in [-0.25, -0.2) is 4.58 Å². The molecule has 0 N–H and O–H groups in total. The number of methoxy groups -OCH3 is 1. The molecule has 0 bridgehead atoms. The summed E-state index contributed by atoms with van der Waals surface area (Å²) in [5, 5.41) is 0. The van der Waals surface area contributed by atoms with Crippen LogP contribution in [-0.2, 0) is 9.47 Å². The summed E-state index contributed by atoms with van der Waals surface area (Å²) < 4.78 is 12.3. The first-order chi connectivity index (χ1) is 4.93. The van der Waals surface area contributed by atoms with Gasteiger partial charge in [-0.1, -0.05) is 0 Å². The second kappa shape index (κ2) is 4.41. The van der Waals surface area contributed by atoms with Crippen LogP contribution in [0.1, 0.15) is 0 Å². The fourth-order valence-electron chi connectivity index (χ4n) is 0.940. The Kier molecular flexibility index (Phi) is 3.40. The van der Waals surface area contributed by atoms with Crippen LogP contribution in [-0.4, -0.2) is 50.8 Å². The predicted molar refractivity (Wildman–Crippen MR) is 38.8 cm³/mol. The second-order valence-electron chi connectivity index (χ2n) is 2.29. The first kappa shape index (κ1) is 7.69. The molecule has 0 saturated carbocycles. The molecular formula is C7H14NO2+. The third kappa shape index (κ3) is 2.45. The standard InChI is InChI=1S/C7H14NO2/c1-9-5-2-8-3-6-10-7-4-8/h2H,3-7H2,1H3/q+1. The molecule has 0 amide bonds. The van der Waals surface area contributed by atoms with Crippen molar-refractivity contribution in [2.24, 2.45) is 0 Å². The van der Waals surface area contributed by atoms with Crippen molar-refractivity contribution in [2.45, 2.75) is 0 Å². The van der Waals surface area contributed by atoms with Gasteiger partial charge in [0.05, 0.1) is 0 Å². The summed E-state index contributed by atoms with van der Waals surface area (Å²) in [5.74, 6) is 0. The van der Waals surface area contributed by atoms with Crippen LogP contribution in [0.25, 0.3) is 0 Å². The molecule has 0 radical (unpaired) electrons. The molecule has 0 unspecified atom stereocenters. The molecule has 10 heavy (non-hydrogen) atoms. The van der Waals surface area contributed by atoms with Crippen molar-refractivity contribution in [1.29, 1.82) is 0 Å². The first-order valence-electron chi connectivity index (χ1n) is 3.57. The number of hydrogen-bond donors (Lipinski definition) is 0. The van der Waals surface area contributed by atoms with Gasteiger partial charge >= 0.3 is 0 Å². The minimum Gasteiger partial charge on any atom is -0.374 e. The van der Waals surface area contributed by atoms with E-state index in [0.717, 1.165) is 26.3 Å². The van der Waals surface area contributed by atoms with Crippen molar-refractivity contribution in [2.75, 3.05) is 40.0 Å². The minimum atomic E-state index is 0.708. The molecule has 0 atom stereocenters. The average Bonchev–Trinajstić information content (AvgIpc) is 2.03. The molecule has 1 aliphatic heterocycles. The highest BCUT2D eigenvalue weighted by molar-refractivity contribution is 5.52. The van der Waals surface area contributed by atoms with E-state index in [1.165, 1.54) is 0 Å². The molecular weight excluding hydrogens is 130 g/mol. The molecule has 1 fully saturated rings. The number of hydrogen-bond acceptors (Lipinski definition) is 2. The van der Waals surface area contributed by atoms with Crippen LogP contribution in [0.15, 0.2) is 0 Å². The Hall–Kier alpha value is -0.410. The van der Waals surface area contributed by atoms with Crippen molar-refractivity contribution < 1.29 is 14.0 Å². The van der Waals surface area contributed by atoms with E-state index in [4.69, 9.17) is 9.47 Å². The summed E-state index contributed by atoms with van der Waals surface area (Å²) >= 11 is 0. The highest BCUT2D eigenvalue weighted by Crippen LogP contribution is 1.86. The van der Waals surface area contributed by atoms with Crippen LogP contribution in [0.4, 0.5) is 0 Å². The van der Waals surface area contributed by atoms with Crippen LogP contribution in [0.3, 0.4) is 0 Å². The van der Waals surface area contributed by atoms with Crippen LogP contribution in [0, 0.1) is 0 Å². The minimum absolute atomic E-state index is 0.708. The molecule has 3 heteroatoms. The molecule has 0 aliphatic carbocycles. The van der Waals surface area contributed by atoms with Crippen LogP contribution in [0.2, 0.25) is 0 Å². The molecule has 0 aromatic rings. The van der Waals surface area contributed by atoms with Crippen molar-refractivity contribution in [3.63, 3.8) is 0 Å². The monoisotopic (exact) mass is 144 g/mol. The fourth-order valence-corrected chi connectivity index (χ4v) is 0.940. The van der Waals surface area contributed by atoms with E-state index < -0.39 is 0 Å². The summed E-state index contributed by atoms with van der Waals surface area (Å²) in [7, 11) is 1.71. The van der Waals surface area contributed by atoms with Gasteiger partial charge < -0.3 is 9.47 Å². The Morgan fingerprint density at radius 3 is 2.80 bits per heavy atom.